The minimum absolute atomic E-state index is 0.133. The van der Waals surface area contributed by atoms with Crippen LogP contribution in [0.25, 0.3) is 11.1 Å². The van der Waals surface area contributed by atoms with Crippen molar-refractivity contribution < 1.29 is 14.3 Å². The van der Waals surface area contributed by atoms with E-state index >= 15 is 0 Å². The van der Waals surface area contributed by atoms with E-state index in [4.69, 9.17) is 9.47 Å². The number of carbonyl (C=O) groups is 1. The van der Waals surface area contributed by atoms with Crippen LogP contribution in [0.3, 0.4) is 0 Å². The highest BCUT2D eigenvalue weighted by molar-refractivity contribution is 5.97. The highest BCUT2D eigenvalue weighted by Gasteiger charge is 2.10. The van der Waals surface area contributed by atoms with Crippen LogP contribution >= 0.6 is 0 Å². The third-order valence-corrected chi connectivity index (χ3v) is 3.22. The van der Waals surface area contributed by atoms with E-state index in [0.29, 0.717) is 6.42 Å². The van der Waals surface area contributed by atoms with Gasteiger partial charge in [0.05, 0.1) is 14.2 Å². The summed E-state index contributed by atoms with van der Waals surface area (Å²) in [5, 5.41) is 0. The summed E-state index contributed by atoms with van der Waals surface area (Å²) < 4.78 is 10.6. The Balaban J connectivity index is 2.52. The summed E-state index contributed by atoms with van der Waals surface area (Å²) in [6.45, 7) is 1.86. The number of methoxy groups -OCH3 is 2. The monoisotopic (exact) mass is 270 g/mol. The van der Waals surface area contributed by atoms with E-state index in [0.717, 1.165) is 28.2 Å². The molecule has 2 aromatic carbocycles. The van der Waals surface area contributed by atoms with E-state index < -0.39 is 0 Å². The van der Waals surface area contributed by atoms with Crippen molar-refractivity contribution in [2.45, 2.75) is 13.3 Å². The molecule has 3 heteroatoms. The Morgan fingerprint density at radius 1 is 1.05 bits per heavy atom. The van der Waals surface area contributed by atoms with E-state index in [1.165, 1.54) is 0 Å². The molecule has 0 radical (unpaired) electrons. The maximum Gasteiger partial charge on any atom is 0.162 e. The Morgan fingerprint density at radius 3 is 2.50 bits per heavy atom. The molecule has 0 atom stereocenters. The lowest BCUT2D eigenvalue weighted by atomic mass is 9.99. The van der Waals surface area contributed by atoms with Crippen LogP contribution < -0.4 is 9.47 Å². The molecule has 0 fully saturated rings. The molecule has 104 valence electrons. The second kappa shape index (κ2) is 6.24. The topological polar surface area (TPSA) is 35.5 Å². The quantitative estimate of drug-likeness (QED) is 0.771. The van der Waals surface area contributed by atoms with Crippen molar-refractivity contribution in [3.63, 3.8) is 0 Å². The number of carbonyl (C=O) groups excluding carboxylic acids is 1. The third kappa shape index (κ3) is 2.82. The molecular weight excluding hydrogens is 252 g/mol. The van der Waals surface area contributed by atoms with Gasteiger partial charge >= 0.3 is 0 Å². The molecule has 0 spiro atoms. The van der Waals surface area contributed by atoms with Crippen molar-refractivity contribution >= 4 is 5.78 Å². The molecule has 2 rings (SSSR count). The molecule has 0 unspecified atom stereocenters. The van der Waals surface area contributed by atoms with Gasteiger partial charge in [-0.05, 0) is 29.8 Å². The number of hydrogen-bond donors (Lipinski definition) is 0. The van der Waals surface area contributed by atoms with E-state index in [1.807, 2.05) is 49.4 Å². The van der Waals surface area contributed by atoms with Crippen LogP contribution in [0.1, 0.15) is 23.7 Å². The summed E-state index contributed by atoms with van der Waals surface area (Å²) in [6.07, 6.45) is 0.499. The number of hydrogen-bond acceptors (Lipinski definition) is 3. The molecule has 0 heterocycles. The number of rotatable bonds is 5. The van der Waals surface area contributed by atoms with Crippen LogP contribution in [0, 0.1) is 0 Å². The number of Topliss-reactive ketones (excluding diaryl/α,β-unsaturated/α-hetero) is 1. The molecule has 0 bridgehead atoms. The minimum atomic E-state index is 0.133. The maximum absolute atomic E-state index is 11.8. The summed E-state index contributed by atoms with van der Waals surface area (Å²) in [5.74, 6) is 1.65. The van der Waals surface area contributed by atoms with Gasteiger partial charge in [-0.3, -0.25) is 4.79 Å². The van der Waals surface area contributed by atoms with Crippen LogP contribution in [0.2, 0.25) is 0 Å². The van der Waals surface area contributed by atoms with E-state index in [2.05, 4.69) is 0 Å². The zero-order valence-corrected chi connectivity index (χ0v) is 12.0. The summed E-state index contributed by atoms with van der Waals surface area (Å²) in [6, 6.07) is 13.2. The molecule has 2 aromatic rings. The van der Waals surface area contributed by atoms with Gasteiger partial charge in [-0.1, -0.05) is 25.1 Å². The first-order chi connectivity index (χ1) is 9.69. The predicted octanol–water partition coefficient (Wildman–Crippen LogP) is 3.96. The van der Waals surface area contributed by atoms with Crippen LogP contribution in [-0.4, -0.2) is 20.0 Å². The second-order valence-electron chi connectivity index (χ2n) is 4.42. The van der Waals surface area contributed by atoms with Crippen molar-refractivity contribution in [3.05, 3.63) is 48.0 Å². The smallest absolute Gasteiger partial charge is 0.162 e. The molecule has 0 amide bonds. The van der Waals surface area contributed by atoms with E-state index in [1.54, 1.807) is 14.2 Å². The Bertz CT molecular complexity index is 617. The number of benzene rings is 2. The van der Waals surface area contributed by atoms with Crippen molar-refractivity contribution in [2.75, 3.05) is 14.2 Å². The fraction of sp³-hybridized carbons (Fsp3) is 0.235. The molecule has 0 saturated heterocycles. The molecule has 0 N–H and O–H groups in total. The van der Waals surface area contributed by atoms with Gasteiger partial charge in [-0.2, -0.15) is 0 Å². The van der Waals surface area contributed by atoms with E-state index in [-0.39, 0.29) is 5.78 Å². The zero-order chi connectivity index (χ0) is 14.5. The molecule has 0 aromatic heterocycles. The average Bonchev–Trinajstić information content (AvgIpc) is 2.53. The standard InChI is InChI=1S/C17H18O3/c1-4-16(18)13-7-5-6-12(10-13)15-11-14(19-2)8-9-17(15)20-3/h5-11H,4H2,1-3H3. The van der Waals surface area contributed by atoms with Crippen molar-refractivity contribution in [1.82, 2.24) is 0 Å². The van der Waals surface area contributed by atoms with Gasteiger partial charge in [-0.15, -0.1) is 0 Å². The normalized spacial score (nSPS) is 10.2. The molecule has 20 heavy (non-hydrogen) atoms. The van der Waals surface area contributed by atoms with Gasteiger partial charge in [0, 0.05) is 17.5 Å². The first kappa shape index (κ1) is 14.1. The SMILES string of the molecule is CCC(=O)c1cccc(-c2cc(OC)ccc2OC)c1. The Hall–Kier alpha value is -2.29. The van der Waals surface area contributed by atoms with Crippen LogP contribution in [0.5, 0.6) is 11.5 Å². The van der Waals surface area contributed by atoms with Crippen molar-refractivity contribution in [3.8, 4) is 22.6 Å². The highest BCUT2D eigenvalue weighted by Crippen LogP contribution is 2.33. The molecule has 3 nitrogen and oxygen atoms in total. The lowest BCUT2D eigenvalue weighted by Gasteiger charge is -2.11. The Kier molecular flexibility index (Phi) is 4.41. The molecule has 0 aliphatic rings. The molecule has 0 aliphatic heterocycles. The Morgan fingerprint density at radius 2 is 1.85 bits per heavy atom. The van der Waals surface area contributed by atoms with Crippen LogP contribution in [-0.2, 0) is 0 Å². The van der Waals surface area contributed by atoms with Gasteiger partial charge in [0.25, 0.3) is 0 Å². The summed E-state index contributed by atoms with van der Waals surface area (Å²) >= 11 is 0. The lowest BCUT2D eigenvalue weighted by molar-refractivity contribution is 0.0988. The number of ether oxygens (including phenoxy) is 2. The summed E-state index contributed by atoms with van der Waals surface area (Å²) in [5.41, 5.74) is 2.58. The highest BCUT2D eigenvalue weighted by atomic mass is 16.5. The zero-order valence-electron chi connectivity index (χ0n) is 12.0. The third-order valence-electron chi connectivity index (χ3n) is 3.22. The van der Waals surface area contributed by atoms with Gasteiger partial charge in [0.1, 0.15) is 11.5 Å². The molecule has 0 aliphatic carbocycles. The second-order valence-corrected chi connectivity index (χ2v) is 4.42. The maximum atomic E-state index is 11.8. The largest absolute Gasteiger partial charge is 0.497 e. The lowest BCUT2D eigenvalue weighted by Crippen LogP contribution is -1.97. The van der Waals surface area contributed by atoms with Gasteiger partial charge in [0.2, 0.25) is 0 Å². The minimum Gasteiger partial charge on any atom is -0.497 e. The van der Waals surface area contributed by atoms with Crippen LogP contribution in [0.15, 0.2) is 42.5 Å². The van der Waals surface area contributed by atoms with Crippen molar-refractivity contribution in [1.29, 1.82) is 0 Å². The molecular formula is C17H18O3. The van der Waals surface area contributed by atoms with Gasteiger partial charge < -0.3 is 9.47 Å². The Labute approximate surface area is 119 Å². The fourth-order valence-electron chi connectivity index (χ4n) is 2.10. The van der Waals surface area contributed by atoms with Crippen LogP contribution in [0.4, 0.5) is 0 Å². The number of ketones is 1. The van der Waals surface area contributed by atoms with E-state index in [9.17, 15) is 4.79 Å². The summed E-state index contributed by atoms with van der Waals surface area (Å²) in [7, 11) is 3.26. The first-order valence-corrected chi connectivity index (χ1v) is 6.55. The summed E-state index contributed by atoms with van der Waals surface area (Å²) in [4.78, 5) is 11.8. The predicted molar refractivity (Wildman–Crippen MR) is 79.6 cm³/mol. The molecule has 0 saturated carbocycles. The van der Waals surface area contributed by atoms with Gasteiger partial charge in [-0.25, -0.2) is 0 Å². The first-order valence-electron chi connectivity index (χ1n) is 6.55. The fourth-order valence-corrected chi connectivity index (χ4v) is 2.10. The van der Waals surface area contributed by atoms with Crippen molar-refractivity contribution in [2.24, 2.45) is 0 Å². The van der Waals surface area contributed by atoms with Gasteiger partial charge in [0.15, 0.2) is 5.78 Å². The average molecular weight is 270 g/mol.